The van der Waals surface area contributed by atoms with E-state index in [4.69, 9.17) is 5.11 Å². The van der Waals surface area contributed by atoms with Gasteiger partial charge in [-0.25, -0.2) is 4.68 Å². The molecule has 0 aliphatic heterocycles. The Morgan fingerprint density at radius 3 is 2.72 bits per heavy atom. The molecule has 18 heavy (non-hydrogen) atoms. The Balaban J connectivity index is 2.36. The van der Waals surface area contributed by atoms with Crippen LogP contribution in [0.15, 0.2) is 12.1 Å². The molecule has 2 atom stereocenters. The average Bonchev–Trinajstić information content (AvgIpc) is 2.94. The van der Waals surface area contributed by atoms with Gasteiger partial charge in [-0.2, -0.15) is 0 Å². The quantitative estimate of drug-likeness (QED) is 0.915. The zero-order valence-corrected chi connectivity index (χ0v) is 11.2. The van der Waals surface area contributed by atoms with Gasteiger partial charge in [0.15, 0.2) is 5.82 Å². The number of thiophene rings is 1. The average molecular weight is 266 g/mol. The number of aryl methyl sites for hydroxylation is 1. The first-order valence-corrected chi connectivity index (χ1v) is 6.40. The fourth-order valence-corrected chi connectivity index (χ4v) is 2.45. The van der Waals surface area contributed by atoms with E-state index in [9.17, 15) is 4.79 Å². The van der Waals surface area contributed by atoms with Crippen molar-refractivity contribution < 1.29 is 9.90 Å². The van der Waals surface area contributed by atoms with Gasteiger partial charge in [0.2, 0.25) is 0 Å². The van der Waals surface area contributed by atoms with Gasteiger partial charge in [-0.3, -0.25) is 4.79 Å². The zero-order chi connectivity index (χ0) is 13.3. The Hall–Kier alpha value is -1.76. The predicted octanol–water partition coefficient (Wildman–Crippen LogP) is 1.99. The monoisotopic (exact) mass is 266 g/mol. The van der Waals surface area contributed by atoms with Gasteiger partial charge in [-0.1, -0.05) is 0 Å². The molecule has 2 unspecified atom stereocenters. The van der Waals surface area contributed by atoms with Crippen molar-refractivity contribution in [3.63, 3.8) is 0 Å². The van der Waals surface area contributed by atoms with E-state index in [0.717, 1.165) is 4.88 Å². The summed E-state index contributed by atoms with van der Waals surface area (Å²) in [6.45, 7) is 5.46. The molecule has 0 spiro atoms. The maximum Gasteiger partial charge on any atom is 0.308 e. The van der Waals surface area contributed by atoms with Crippen LogP contribution >= 0.6 is 11.3 Å². The number of rotatable bonds is 4. The Kier molecular flexibility index (Phi) is 3.42. The van der Waals surface area contributed by atoms with Crippen molar-refractivity contribution in [2.24, 2.45) is 5.92 Å². The van der Waals surface area contributed by atoms with Gasteiger partial charge in [-0.05, 0) is 43.3 Å². The van der Waals surface area contributed by atoms with E-state index in [-0.39, 0.29) is 6.04 Å². The SMILES string of the molecule is Cc1ccc(-c2nnnn2C(C)C(C)C(=O)O)s1. The second kappa shape index (κ2) is 4.85. The molecule has 0 fully saturated rings. The summed E-state index contributed by atoms with van der Waals surface area (Å²) < 4.78 is 1.57. The maximum atomic E-state index is 11.0. The van der Waals surface area contributed by atoms with Crippen LogP contribution in [0.5, 0.6) is 0 Å². The zero-order valence-electron chi connectivity index (χ0n) is 10.4. The van der Waals surface area contributed by atoms with Crippen LogP contribution in [0.25, 0.3) is 10.7 Å². The molecular formula is C11H14N4O2S. The summed E-state index contributed by atoms with van der Waals surface area (Å²) in [6, 6.07) is 3.64. The largest absolute Gasteiger partial charge is 0.481 e. The van der Waals surface area contributed by atoms with Gasteiger partial charge in [0.05, 0.1) is 16.8 Å². The minimum absolute atomic E-state index is 0.296. The number of nitrogens with zero attached hydrogens (tertiary/aromatic N) is 4. The van der Waals surface area contributed by atoms with Crippen molar-refractivity contribution in [1.82, 2.24) is 20.2 Å². The summed E-state index contributed by atoms with van der Waals surface area (Å²) in [4.78, 5) is 13.1. The summed E-state index contributed by atoms with van der Waals surface area (Å²) in [6.07, 6.45) is 0. The maximum absolute atomic E-state index is 11.0. The molecule has 2 aromatic heterocycles. The summed E-state index contributed by atoms with van der Waals surface area (Å²) in [7, 11) is 0. The van der Waals surface area contributed by atoms with Crippen LogP contribution in [-0.4, -0.2) is 31.3 Å². The molecule has 2 rings (SSSR count). The van der Waals surface area contributed by atoms with Crippen molar-refractivity contribution in [3.8, 4) is 10.7 Å². The molecule has 7 heteroatoms. The molecule has 0 bridgehead atoms. The summed E-state index contributed by atoms with van der Waals surface area (Å²) in [5.74, 6) is -0.784. The Morgan fingerprint density at radius 2 is 2.17 bits per heavy atom. The van der Waals surface area contributed by atoms with Crippen molar-refractivity contribution >= 4 is 17.3 Å². The molecular weight excluding hydrogens is 252 g/mol. The molecule has 2 aromatic rings. The van der Waals surface area contributed by atoms with Crippen molar-refractivity contribution in [2.45, 2.75) is 26.8 Å². The minimum atomic E-state index is -0.855. The third-order valence-electron chi connectivity index (χ3n) is 2.95. The minimum Gasteiger partial charge on any atom is -0.481 e. The smallest absolute Gasteiger partial charge is 0.308 e. The normalized spacial score (nSPS) is 14.4. The highest BCUT2D eigenvalue weighted by Gasteiger charge is 2.25. The van der Waals surface area contributed by atoms with Crippen molar-refractivity contribution in [2.75, 3.05) is 0 Å². The lowest BCUT2D eigenvalue weighted by molar-refractivity contribution is -0.142. The Labute approximate surface area is 108 Å². The Bertz CT molecular complexity index is 563. The lowest BCUT2D eigenvalue weighted by Gasteiger charge is -2.16. The molecule has 1 N–H and O–H groups in total. The molecule has 0 radical (unpaired) electrons. The summed E-state index contributed by atoms with van der Waals surface area (Å²) >= 11 is 1.59. The van der Waals surface area contributed by atoms with Gasteiger partial charge in [0.25, 0.3) is 0 Å². The highest BCUT2D eigenvalue weighted by molar-refractivity contribution is 7.15. The second-order valence-corrected chi connectivity index (χ2v) is 5.51. The first kappa shape index (κ1) is 12.7. The van der Waals surface area contributed by atoms with Crippen LogP contribution in [0.2, 0.25) is 0 Å². The van der Waals surface area contributed by atoms with Crippen molar-refractivity contribution in [3.05, 3.63) is 17.0 Å². The number of carboxylic acids is 1. The van der Waals surface area contributed by atoms with Crippen LogP contribution in [0.4, 0.5) is 0 Å². The fourth-order valence-electron chi connectivity index (χ4n) is 1.60. The van der Waals surface area contributed by atoms with Gasteiger partial charge < -0.3 is 5.11 Å². The van der Waals surface area contributed by atoms with Gasteiger partial charge >= 0.3 is 5.97 Å². The predicted molar refractivity (Wildman–Crippen MR) is 67.4 cm³/mol. The highest BCUT2D eigenvalue weighted by Crippen LogP contribution is 2.28. The molecule has 0 amide bonds. The van der Waals surface area contributed by atoms with Crippen molar-refractivity contribution in [1.29, 1.82) is 0 Å². The van der Waals surface area contributed by atoms with E-state index in [1.54, 1.807) is 29.9 Å². The van der Waals surface area contributed by atoms with Crippen LogP contribution < -0.4 is 0 Å². The van der Waals surface area contributed by atoms with E-state index in [2.05, 4.69) is 15.5 Å². The molecule has 6 nitrogen and oxygen atoms in total. The van der Waals surface area contributed by atoms with Gasteiger partial charge in [0, 0.05) is 4.88 Å². The van der Waals surface area contributed by atoms with E-state index < -0.39 is 11.9 Å². The molecule has 0 aliphatic carbocycles. The second-order valence-electron chi connectivity index (χ2n) is 4.22. The highest BCUT2D eigenvalue weighted by atomic mass is 32.1. The lowest BCUT2D eigenvalue weighted by atomic mass is 10.0. The molecule has 0 aliphatic rings. The number of carboxylic acid groups (broad SMARTS) is 1. The van der Waals surface area contributed by atoms with Crippen LogP contribution in [0, 0.1) is 12.8 Å². The molecule has 0 aromatic carbocycles. The third kappa shape index (κ3) is 2.26. The van der Waals surface area contributed by atoms with Crippen LogP contribution in [0.3, 0.4) is 0 Å². The standard InChI is InChI=1S/C11H14N4O2S/c1-6-4-5-9(18-6)10-12-13-14-15(10)8(3)7(2)11(16)17/h4-5,7-8H,1-3H3,(H,16,17). The Morgan fingerprint density at radius 1 is 1.44 bits per heavy atom. The number of hydrogen-bond donors (Lipinski definition) is 1. The number of aliphatic carboxylic acids is 1. The first-order valence-electron chi connectivity index (χ1n) is 5.58. The number of carbonyl (C=O) groups is 1. The molecule has 2 heterocycles. The van der Waals surface area contributed by atoms with Crippen LogP contribution in [-0.2, 0) is 4.79 Å². The first-order chi connectivity index (χ1) is 8.50. The fraction of sp³-hybridized carbons (Fsp3) is 0.455. The van der Waals surface area contributed by atoms with E-state index in [0.29, 0.717) is 5.82 Å². The summed E-state index contributed by atoms with van der Waals surface area (Å²) in [5.41, 5.74) is 0. The lowest BCUT2D eigenvalue weighted by Crippen LogP contribution is -2.23. The van der Waals surface area contributed by atoms with E-state index >= 15 is 0 Å². The van der Waals surface area contributed by atoms with Gasteiger partial charge in [0.1, 0.15) is 0 Å². The number of aromatic nitrogens is 4. The number of hydrogen-bond acceptors (Lipinski definition) is 5. The molecule has 0 saturated heterocycles. The van der Waals surface area contributed by atoms with E-state index in [1.807, 2.05) is 19.1 Å². The number of tetrazole rings is 1. The topological polar surface area (TPSA) is 80.9 Å². The van der Waals surface area contributed by atoms with Crippen LogP contribution in [0.1, 0.15) is 24.8 Å². The molecule has 96 valence electrons. The molecule has 0 saturated carbocycles. The summed E-state index contributed by atoms with van der Waals surface area (Å²) in [5, 5.41) is 20.6. The van der Waals surface area contributed by atoms with Gasteiger partial charge in [-0.15, -0.1) is 16.4 Å². The third-order valence-corrected chi connectivity index (χ3v) is 3.95. The van der Waals surface area contributed by atoms with E-state index in [1.165, 1.54) is 4.88 Å².